The molecule has 0 saturated carbocycles. The molecule has 1 aromatic carbocycles. The van der Waals surface area contributed by atoms with E-state index in [9.17, 15) is 4.79 Å². The van der Waals surface area contributed by atoms with Crippen LogP contribution in [0.3, 0.4) is 0 Å². The Morgan fingerprint density at radius 3 is 2.65 bits per heavy atom. The number of nitrogens with zero attached hydrogens (tertiary/aromatic N) is 1. The molecule has 0 spiro atoms. The molecular weight excluding hydrogens is 256 g/mol. The highest BCUT2D eigenvalue weighted by atomic mass is 16.5. The maximum atomic E-state index is 12.7. The van der Waals surface area contributed by atoms with Crippen LogP contribution >= 0.6 is 0 Å². The number of amides is 1. The second kappa shape index (κ2) is 6.03. The van der Waals surface area contributed by atoms with Crippen LogP contribution < -0.4 is 15.2 Å². The van der Waals surface area contributed by atoms with Gasteiger partial charge in [-0.05, 0) is 32.3 Å². The number of hydrogen-bond donors (Lipinski definition) is 1. The van der Waals surface area contributed by atoms with Crippen molar-refractivity contribution in [3.63, 3.8) is 0 Å². The van der Waals surface area contributed by atoms with Gasteiger partial charge in [-0.3, -0.25) is 4.79 Å². The Balaban J connectivity index is 2.37. The summed E-state index contributed by atoms with van der Waals surface area (Å²) >= 11 is 0. The van der Waals surface area contributed by atoms with E-state index >= 15 is 0 Å². The normalized spacial score (nSPS) is 18.8. The highest BCUT2D eigenvalue weighted by molar-refractivity contribution is 6.01. The number of nitrogen functional groups attached to an aromatic ring is 1. The fourth-order valence-electron chi connectivity index (χ4n) is 2.62. The van der Waals surface area contributed by atoms with Crippen molar-refractivity contribution >= 4 is 11.6 Å². The van der Waals surface area contributed by atoms with Crippen LogP contribution in [0.4, 0.5) is 5.69 Å². The van der Waals surface area contributed by atoms with Crippen molar-refractivity contribution in [2.45, 2.75) is 32.2 Å². The van der Waals surface area contributed by atoms with Crippen LogP contribution in [-0.4, -0.2) is 37.6 Å². The number of piperidine rings is 1. The third kappa shape index (κ3) is 2.66. The van der Waals surface area contributed by atoms with Gasteiger partial charge in [-0.15, -0.1) is 0 Å². The molecule has 0 radical (unpaired) electrons. The van der Waals surface area contributed by atoms with E-state index in [1.807, 2.05) is 4.90 Å². The molecular formula is C15H22N2O3. The van der Waals surface area contributed by atoms with E-state index in [0.29, 0.717) is 22.7 Å². The first kappa shape index (κ1) is 14.5. The maximum absolute atomic E-state index is 12.7. The number of carbonyl (C=O) groups excluding carboxylic acids is 1. The zero-order chi connectivity index (χ0) is 14.7. The lowest BCUT2D eigenvalue weighted by Gasteiger charge is -2.33. The molecule has 110 valence electrons. The molecule has 1 aromatic rings. The Bertz CT molecular complexity index is 502. The van der Waals surface area contributed by atoms with E-state index in [1.54, 1.807) is 19.2 Å². The number of methoxy groups -OCH3 is 2. The number of likely N-dealkylation sites (tertiary alicyclic amines) is 1. The lowest BCUT2D eigenvalue weighted by atomic mass is 10.0. The maximum Gasteiger partial charge on any atom is 0.256 e. The smallest absolute Gasteiger partial charge is 0.256 e. The van der Waals surface area contributed by atoms with E-state index in [-0.39, 0.29) is 11.9 Å². The first-order chi connectivity index (χ1) is 9.58. The van der Waals surface area contributed by atoms with Crippen LogP contribution in [0, 0.1) is 0 Å². The predicted molar refractivity (Wildman–Crippen MR) is 78.3 cm³/mol. The van der Waals surface area contributed by atoms with Gasteiger partial charge in [0.05, 0.1) is 25.5 Å². The van der Waals surface area contributed by atoms with E-state index in [0.717, 1.165) is 19.4 Å². The summed E-state index contributed by atoms with van der Waals surface area (Å²) in [6.45, 7) is 2.85. The number of hydrogen-bond acceptors (Lipinski definition) is 4. The van der Waals surface area contributed by atoms with Crippen molar-refractivity contribution in [1.29, 1.82) is 0 Å². The van der Waals surface area contributed by atoms with Gasteiger partial charge in [0.2, 0.25) is 0 Å². The van der Waals surface area contributed by atoms with Crippen LogP contribution in [0.5, 0.6) is 11.5 Å². The minimum atomic E-state index is -0.0492. The lowest BCUT2D eigenvalue weighted by molar-refractivity contribution is 0.0636. The summed E-state index contributed by atoms with van der Waals surface area (Å²) in [5, 5.41) is 0. The largest absolute Gasteiger partial charge is 0.497 e. The van der Waals surface area contributed by atoms with E-state index in [1.165, 1.54) is 13.5 Å². The molecule has 1 aliphatic rings. The zero-order valence-corrected chi connectivity index (χ0v) is 12.3. The second-order valence-corrected chi connectivity index (χ2v) is 5.13. The Hall–Kier alpha value is -1.91. The second-order valence-electron chi connectivity index (χ2n) is 5.13. The van der Waals surface area contributed by atoms with Gasteiger partial charge in [-0.2, -0.15) is 0 Å². The van der Waals surface area contributed by atoms with Crippen molar-refractivity contribution in [2.75, 3.05) is 26.5 Å². The molecule has 1 heterocycles. The molecule has 1 atom stereocenters. The summed E-state index contributed by atoms with van der Waals surface area (Å²) in [5.41, 5.74) is 6.87. The van der Waals surface area contributed by atoms with Crippen molar-refractivity contribution in [1.82, 2.24) is 4.90 Å². The molecule has 1 unspecified atom stereocenters. The number of anilines is 1. The van der Waals surface area contributed by atoms with E-state index in [4.69, 9.17) is 15.2 Å². The van der Waals surface area contributed by atoms with Gasteiger partial charge in [-0.25, -0.2) is 0 Å². The number of benzene rings is 1. The molecule has 5 nitrogen and oxygen atoms in total. The Kier molecular flexibility index (Phi) is 4.37. The van der Waals surface area contributed by atoms with Gasteiger partial charge in [0, 0.05) is 18.7 Å². The lowest BCUT2D eigenvalue weighted by Crippen LogP contribution is -2.42. The van der Waals surface area contributed by atoms with Gasteiger partial charge in [0.25, 0.3) is 5.91 Å². The highest BCUT2D eigenvalue weighted by Crippen LogP contribution is 2.32. The minimum Gasteiger partial charge on any atom is -0.497 e. The minimum absolute atomic E-state index is 0.0492. The average Bonchev–Trinajstić information content (AvgIpc) is 2.47. The quantitative estimate of drug-likeness (QED) is 0.862. The number of nitrogens with two attached hydrogens (primary N) is 1. The fourth-order valence-corrected chi connectivity index (χ4v) is 2.62. The van der Waals surface area contributed by atoms with Crippen LogP contribution in [0.25, 0.3) is 0 Å². The molecule has 20 heavy (non-hydrogen) atoms. The molecule has 0 bridgehead atoms. The molecule has 0 aliphatic carbocycles. The first-order valence-corrected chi connectivity index (χ1v) is 6.91. The summed E-state index contributed by atoms with van der Waals surface area (Å²) < 4.78 is 10.4. The third-order valence-corrected chi connectivity index (χ3v) is 3.87. The molecule has 1 amide bonds. The van der Waals surface area contributed by atoms with E-state index in [2.05, 4.69) is 6.92 Å². The van der Waals surface area contributed by atoms with Gasteiger partial charge >= 0.3 is 0 Å². The summed E-state index contributed by atoms with van der Waals surface area (Å²) in [5.74, 6) is 0.994. The molecule has 2 N–H and O–H groups in total. The topological polar surface area (TPSA) is 64.8 Å². The zero-order valence-electron chi connectivity index (χ0n) is 12.3. The van der Waals surface area contributed by atoms with Crippen molar-refractivity contribution < 1.29 is 14.3 Å². The fraction of sp³-hybridized carbons (Fsp3) is 0.533. The SMILES string of the molecule is COc1cc(OC)c(N)c(C(=O)N2CCCCC2C)c1. The summed E-state index contributed by atoms with van der Waals surface area (Å²) in [6, 6.07) is 3.61. The molecule has 0 aromatic heterocycles. The highest BCUT2D eigenvalue weighted by Gasteiger charge is 2.27. The summed E-state index contributed by atoms with van der Waals surface area (Å²) in [7, 11) is 3.09. The summed E-state index contributed by atoms with van der Waals surface area (Å²) in [4.78, 5) is 14.6. The Morgan fingerprint density at radius 2 is 2.05 bits per heavy atom. The number of ether oxygens (including phenoxy) is 2. The molecule has 1 fully saturated rings. The third-order valence-electron chi connectivity index (χ3n) is 3.87. The van der Waals surface area contributed by atoms with Crippen LogP contribution in [0.15, 0.2) is 12.1 Å². The predicted octanol–water partition coefficient (Wildman–Crippen LogP) is 2.30. The van der Waals surface area contributed by atoms with Crippen molar-refractivity contribution in [3.05, 3.63) is 17.7 Å². The van der Waals surface area contributed by atoms with Gasteiger partial charge in [-0.1, -0.05) is 0 Å². The van der Waals surface area contributed by atoms with E-state index < -0.39 is 0 Å². The van der Waals surface area contributed by atoms with Crippen molar-refractivity contribution in [2.24, 2.45) is 0 Å². The molecule has 5 heteroatoms. The van der Waals surface area contributed by atoms with Crippen LogP contribution in [0.2, 0.25) is 0 Å². The average molecular weight is 278 g/mol. The van der Waals surface area contributed by atoms with Crippen molar-refractivity contribution in [3.8, 4) is 11.5 Å². The Labute approximate surface area is 119 Å². The van der Waals surface area contributed by atoms with Gasteiger partial charge in [0.15, 0.2) is 0 Å². The van der Waals surface area contributed by atoms with Crippen LogP contribution in [-0.2, 0) is 0 Å². The van der Waals surface area contributed by atoms with Crippen LogP contribution in [0.1, 0.15) is 36.5 Å². The molecule has 1 saturated heterocycles. The number of rotatable bonds is 3. The molecule has 1 aliphatic heterocycles. The van der Waals surface area contributed by atoms with Gasteiger partial charge in [0.1, 0.15) is 11.5 Å². The number of carbonyl (C=O) groups is 1. The monoisotopic (exact) mass is 278 g/mol. The standard InChI is InChI=1S/C15H22N2O3/c1-10-6-4-5-7-17(10)15(18)12-8-11(19-2)9-13(20-3)14(12)16/h8-10H,4-7,16H2,1-3H3. The Morgan fingerprint density at radius 1 is 1.30 bits per heavy atom. The summed E-state index contributed by atoms with van der Waals surface area (Å²) in [6.07, 6.45) is 3.24. The molecule has 2 rings (SSSR count). The first-order valence-electron chi connectivity index (χ1n) is 6.91. The van der Waals surface area contributed by atoms with Gasteiger partial charge < -0.3 is 20.1 Å².